The Hall–Kier alpha value is -2.18. The molecule has 1 aromatic rings. The molecule has 98 valence electrons. The van der Waals surface area contributed by atoms with Gasteiger partial charge in [0.25, 0.3) is 0 Å². The van der Waals surface area contributed by atoms with Gasteiger partial charge in [-0.15, -0.1) is 13.2 Å². The van der Waals surface area contributed by atoms with Crippen LogP contribution in [0.2, 0.25) is 0 Å². The highest BCUT2D eigenvalue weighted by Crippen LogP contribution is 2.42. The molecule has 0 atom stereocenters. The number of pyridine rings is 1. The van der Waals surface area contributed by atoms with Gasteiger partial charge in [-0.3, -0.25) is 0 Å². The maximum atomic E-state index is 12.5. The Morgan fingerprint density at radius 1 is 1.22 bits per heavy atom. The van der Waals surface area contributed by atoms with Crippen molar-refractivity contribution in [2.24, 2.45) is 0 Å². The normalized spacial score (nSPS) is 12.1. The Bertz CT molecular complexity index is 501. The Morgan fingerprint density at radius 3 is 2.17 bits per heavy atom. The van der Waals surface area contributed by atoms with E-state index in [4.69, 9.17) is 11.0 Å². The summed E-state index contributed by atoms with van der Waals surface area (Å²) in [5.41, 5.74) is 1.91. The van der Waals surface area contributed by atoms with Crippen LogP contribution in [-0.4, -0.2) is 11.3 Å². The van der Waals surface area contributed by atoms with E-state index < -0.39 is 35.2 Å². The van der Waals surface area contributed by atoms with E-state index >= 15 is 0 Å². The van der Waals surface area contributed by atoms with E-state index in [9.17, 15) is 26.3 Å². The minimum absolute atomic E-state index is 0.464. The summed E-state index contributed by atoms with van der Waals surface area (Å²) in [5, 5.41) is 8.45. The fraction of sp³-hybridized carbons (Fsp3) is 0.250. The number of alkyl halides is 6. The van der Waals surface area contributed by atoms with E-state index in [2.05, 4.69) is 9.72 Å². The molecule has 10 heteroatoms. The Kier molecular flexibility index (Phi) is 3.27. The molecule has 0 aliphatic rings. The van der Waals surface area contributed by atoms with Crippen LogP contribution in [-0.2, 0) is 6.18 Å². The van der Waals surface area contributed by atoms with Gasteiger partial charge in [0.15, 0.2) is 5.75 Å². The van der Waals surface area contributed by atoms with E-state index in [1.165, 1.54) is 0 Å². The Labute approximate surface area is 95.6 Å². The third-order valence-electron chi connectivity index (χ3n) is 1.68. The highest BCUT2D eigenvalue weighted by Gasteiger charge is 2.43. The quantitative estimate of drug-likeness (QED) is 0.796. The molecule has 18 heavy (non-hydrogen) atoms. The van der Waals surface area contributed by atoms with Crippen LogP contribution in [0, 0.1) is 11.3 Å². The number of nitrogens with two attached hydrogens (primary N) is 1. The van der Waals surface area contributed by atoms with Crippen molar-refractivity contribution in [3.8, 4) is 11.8 Å². The van der Waals surface area contributed by atoms with Gasteiger partial charge in [0.1, 0.15) is 23.0 Å². The second kappa shape index (κ2) is 4.25. The molecular weight excluding hydrogens is 268 g/mol. The van der Waals surface area contributed by atoms with Gasteiger partial charge < -0.3 is 10.5 Å². The minimum atomic E-state index is -5.39. The van der Waals surface area contributed by atoms with E-state index in [1.807, 2.05) is 0 Å². The first-order valence-electron chi connectivity index (χ1n) is 4.07. The molecule has 0 aliphatic carbocycles. The van der Waals surface area contributed by atoms with E-state index in [-0.39, 0.29) is 0 Å². The molecule has 0 aliphatic heterocycles. The third-order valence-corrected chi connectivity index (χ3v) is 1.68. The lowest BCUT2D eigenvalue weighted by Crippen LogP contribution is -2.22. The van der Waals surface area contributed by atoms with E-state index in [0.29, 0.717) is 6.20 Å². The minimum Gasteiger partial charge on any atom is -0.404 e. The number of ether oxygens (including phenoxy) is 1. The van der Waals surface area contributed by atoms with Crippen molar-refractivity contribution in [3.63, 3.8) is 0 Å². The second-order valence-corrected chi connectivity index (χ2v) is 2.92. The summed E-state index contributed by atoms with van der Waals surface area (Å²) >= 11 is 0. The predicted octanol–water partition coefficient (Wildman–Crippen LogP) is 2.45. The maximum absolute atomic E-state index is 12.5. The van der Waals surface area contributed by atoms with E-state index in [0.717, 1.165) is 6.07 Å². The smallest absolute Gasteiger partial charge is 0.404 e. The van der Waals surface area contributed by atoms with Gasteiger partial charge in [0.2, 0.25) is 0 Å². The van der Waals surface area contributed by atoms with Crippen LogP contribution in [0.5, 0.6) is 5.75 Å². The van der Waals surface area contributed by atoms with Gasteiger partial charge in [-0.05, 0) is 0 Å². The fourth-order valence-corrected chi connectivity index (χ4v) is 1.08. The van der Waals surface area contributed by atoms with Crippen LogP contribution < -0.4 is 10.5 Å². The van der Waals surface area contributed by atoms with Gasteiger partial charge in [-0.25, -0.2) is 4.98 Å². The number of hydrogen-bond donors (Lipinski definition) is 1. The zero-order valence-electron chi connectivity index (χ0n) is 8.23. The standard InChI is InChI=1S/C8H3F6N3O/c9-7(10,11)4-5(18-8(12,13)14)3(1-15)2-17-6(4)16/h2H,(H2,16,17). The topological polar surface area (TPSA) is 71.9 Å². The number of rotatable bonds is 1. The molecule has 4 nitrogen and oxygen atoms in total. The van der Waals surface area contributed by atoms with Crippen molar-refractivity contribution in [2.45, 2.75) is 12.5 Å². The number of anilines is 1. The molecule has 0 aromatic carbocycles. The van der Waals surface area contributed by atoms with Crippen LogP contribution in [0.25, 0.3) is 0 Å². The van der Waals surface area contributed by atoms with Crippen LogP contribution in [0.3, 0.4) is 0 Å². The summed E-state index contributed by atoms with van der Waals surface area (Å²) in [7, 11) is 0. The molecule has 0 saturated carbocycles. The van der Waals surface area contributed by atoms with Crippen molar-refractivity contribution >= 4 is 5.82 Å². The Morgan fingerprint density at radius 2 is 1.78 bits per heavy atom. The van der Waals surface area contributed by atoms with Gasteiger partial charge >= 0.3 is 12.5 Å². The van der Waals surface area contributed by atoms with Gasteiger partial charge in [-0.1, -0.05) is 0 Å². The zero-order valence-corrected chi connectivity index (χ0v) is 8.23. The molecule has 0 bridgehead atoms. The first-order chi connectivity index (χ1) is 8.06. The lowest BCUT2D eigenvalue weighted by Gasteiger charge is -2.17. The third kappa shape index (κ3) is 2.93. The van der Waals surface area contributed by atoms with Gasteiger partial charge in [0, 0.05) is 0 Å². The van der Waals surface area contributed by atoms with Crippen molar-refractivity contribution in [1.29, 1.82) is 5.26 Å². The zero-order chi connectivity index (χ0) is 14.1. The average molecular weight is 271 g/mol. The first kappa shape index (κ1) is 13.9. The predicted molar refractivity (Wildman–Crippen MR) is 45.0 cm³/mol. The number of aromatic nitrogens is 1. The van der Waals surface area contributed by atoms with Gasteiger partial charge in [0.05, 0.1) is 6.20 Å². The average Bonchev–Trinajstić information content (AvgIpc) is 2.13. The van der Waals surface area contributed by atoms with Crippen LogP contribution in [0.1, 0.15) is 11.1 Å². The number of nitriles is 1. The van der Waals surface area contributed by atoms with E-state index in [1.54, 1.807) is 0 Å². The summed E-state index contributed by atoms with van der Waals surface area (Å²) in [6.45, 7) is 0. The van der Waals surface area contributed by atoms with Crippen molar-refractivity contribution in [1.82, 2.24) is 4.98 Å². The van der Waals surface area contributed by atoms with Crippen LogP contribution >= 0.6 is 0 Å². The molecule has 0 amide bonds. The fourth-order valence-electron chi connectivity index (χ4n) is 1.08. The summed E-state index contributed by atoms with van der Waals surface area (Å²) < 4.78 is 76.8. The molecule has 1 heterocycles. The van der Waals surface area contributed by atoms with Gasteiger partial charge in [-0.2, -0.15) is 18.4 Å². The molecule has 0 radical (unpaired) electrons. The summed E-state index contributed by atoms with van der Waals surface area (Å²) in [5.74, 6) is -2.91. The molecule has 0 saturated heterocycles. The lowest BCUT2D eigenvalue weighted by atomic mass is 10.1. The number of nitrogens with zero attached hydrogens (tertiary/aromatic N) is 2. The van der Waals surface area contributed by atoms with Crippen LogP contribution in [0.15, 0.2) is 6.20 Å². The summed E-state index contributed by atoms with van der Waals surface area (Å²) in [6, 6.07) is 1.11. The number of halogens is 6. The SMILES string of the molecule is N#Cc1cnc(N)c(C(F)(F)F)c1OC(F)(F)F. The van der Waals surface area contributed by atoms with Crippen LogP contribution in [0.4, 0.5) is 32.2 Å². The Balaban J connectivity index is 3.53. The second-order valence-electron chi connectivity index (χ2n) is 2.92. The first-order valence-corrected chi connectivity index (χ1v) is 4.07. The highest BCUT2D eigenvalue weighted by atomic mass is 19.4. The molecule has 2 N–H and O–H groups in total. The molecule has 0 spiro atoms. The molecule has 0 unspecified atom stereocenters. The molecular formula is C8H3F6N3O. The highest BCUT2D eigenvalue weighted by molar-refractivity contribution is 5.57. The monoisotopic (exact) mass is 271 g/mol. The molecule has 1 rings (SSSR count). The summed E-state index contributed by atoms with van der Waals surface area (Å²) in [6.07, 6.45) is -10.2. The van der Waals surface area contributed by atoms with Crippen molar-refractivity contribution in [2.75, 3.05) is 5.73 Å². The maximum Gasteiger partial charge on any atom is 0.573 e. The lowest BCUT2D eigenvalue weighted by molar-refractivity contribution is -0.276. The van der Waals surface area contributed by atoms with Crippen molar-refractivity contribution in [3.05, 3.63) is 17.3 Å². The summed E-state index contributed by atoms with van der Waals surface area (Å²) in [4.78, 5) is 2.99. The van der Waals surface area contributed by atoms with Crippen molar-refractivity contribution < 1.29 is 31.1 Å². The number of hydrogen-bond acceptors (Lipinski definition) is 4. The molecule has 0 fully saturated rings. The number of nitrogen functional groups attached to an aromatic ring is 1. The molecule has 1 aromatic heterocycles. The largest absolute Gasteiger partial charge is 0.573 e.